The van der Waals surface area contributed by atoms with E-state index in [9.17, 15) is 0 Å². The molecule has 1 aliphatic carbocycles. The van der Waals surface area contributed by atoms with Crippen LogP contribution < -0.4 is 0 Å². The zero-order chi connectivity index (χ0) is 10.3. The second-order valence-electron chi connectivity index (χ2n) is 3.77. The molecular weight excluding hydrogens is 250 g/mol. The van der Waals surface area contributed by atoms with E-state index in [0.717, 1.165) is 12.8 Å². The summed E-state index contributed by atoms with van der Waals surface area (Å²) in [5, 5.41) is 0. The summed E-state index contributed by atoms with van der Waals surface area (Å²) >= 11 is 3.62. The topological polar surface area (TPSA) is 12.9 Å². The first-order valence-corrected chi connectivity index (χ1v) is 5.87. The Balaban J connectivity index is 2.33. The van der Waals surface area contributed by atoms with Gasteiger partial charge < -0.3 is 0 Å². The highest BCUT2D eigenvalue weighted by atomic mass is 79.9. The van der Waals surface area contributed by atoms with Gasteiger partial charge in [0, 0.05) is 27.5 Å². The molecule has 1 nitrogen and oxygen atoms in total. The number of hydrogen-bond donors (Lipinski definition) is 0. The second kappa shape index (κ2) is 3.46. The normalized spacial score (nSPS) is 13.1. The van der Waals surface area contributed by atoms with Gasteiger partial charge in [-0.2, -0.15) is 0 Å². The van der Waals surface area contributed by atoms with Gasteiger partial charge in [-0.1, -0.05) is 34.1 Å². The van der Waals surface area contributed by atoms with E-state index in [-0.39, 0.29) is 0 Å². The van der Waals surface area contributed by atoms with Crippen molar-refractivity contribution < 1.29 is 0 Å². The number of halogens is 1. The third-order valence-electron chi connectivity index (χ3n) is 2.89. The van der Waals surface area contributed by atoms with Gasteiger partial charge >= 0.3 is 0 Å². The van der Waals surface area contributed by atoms with Crippen molar-refractivity contribution in [1.29, 1.82) is 0 Å². The summed E-state index contributed by atoms with van der Waals surface area (Å²) in [6.07, 6.45) is 4.03. The van der Waals surface area contributed by atoms with Gasteiger partial charge in [-0.05, 0) is 30.5 Å². The maximum atomic E-state index is 4.44. The van der Waals surface area contributed by atoms with E-state index in [0.29, 0.717) is 0 Å². The van der Waals surface area contributed by atoms with E-state index in [1.165, 1.54) is 26.9 Å². The minimum absolute atomic E-state index is 1.06. The summed E-state index contributed by atoms with van der Waals surface area (Å²) in [5.74, 6) is 0. The molecule has 74 valence electrons. The molecule has 0 N–H and O–H groups in total. The third-order valence-corrected chi connectivity index (χ3v) is 3.55. The largest absolute Gasteiger partial charge is 0.261 e. The van der Waals surface area contributed by atoms with E-state index >= 15 is 0 Å². The van der Waals surface area contributed by atoms with Crippen LogP contribution >= 0.6 is 15.9 Å². The zero-order valence-corrected chi connectivity index (χ0v) is 9.79. The molecule has 1 aromatic heterocycles. The van der Waals surface area contributed by atoms with Crippen molar-refractivity contribution >= 4 is 15.9 Å². The first-order chi connectivity index (χ1) is 7.36. The van der Waals surface area contributed by atoms with Crippen molar-refractivity contribution in [2.75, 3.05) is 0 Å². The maximum absolute atomic E-state index is 4.44. The predicted molar refractivity (Wildman–Crippen MR) is 64.8 cm³/mol. The Labute approximate surface area is 97.3 Å². The highest BCUT2D eigenvalue weighted by Gasteiger charge is 2.18. The molecule has 0 saturated heterocycles. The molecule has 3 rings (SSSR count). The summed E-state index contributed by atoms with van der Waals surface area (Å²) in [6.45, 7) is 0. The minimum atomic E-state index is 1.06. The lowest BCUT2D eigenvalue weighted by atomic mass is 9.89. The van der Waals surface area contributed by atoms with Crippen molar-refractivity contribution in [2.45, 2.75) is 12.8 Å². The van der Waals surface area contributed by atoms with Crippen molar-refractivity contribution in [3.63, 3.8) is 0 Å². The maximum Gasteiger partial charge on any atom is 0.0485 e. The lowest BCUT2D eigenvalue weighted by molar-refractivity contribution is 0.895. The summed E-state index contributed by atoms with van der Waals surface area (Å²) < 4.78 is 1.17. The van der Waals surface area contributed by atoms with Crippen LogP contribution in [0.3, 0.4) is 0 Å². The Bertz CT molecular complexity index is 520. The smallest absolute Gasteiger partial charge is 0.0485 e. The predicted octanol–water partition coefficient (Wildman–Crippen LogP) is 3.61. The fraction of sp³-hybridized carbons (Fsp3) is 0.154. The average molecular weight is 260 g/mol. The Morgan fingerprint density at radius 2 is 2.00 bits per heavy atom. The molecule has 1 heterocycles. The van der Waals surface area contributed by atoms with Crippen molar-refractivity contribution in [3.8, 4) is 11.1 Å². The SMILES string of the molecule is Brc1cccc2c1-c1cccnc1CC2. The zero-order valence-electron chi connectivity index (χ0n) is 8.20. The average Bonchev–Trinajstić information content (AvgIpc) is 2.29. The minimum Gasteiger partial charge on any atom is -0.261 e. The van der Waals surface area contributed by atoms with Gasteiger partial charge in [-0.25, -0.2) is 0 Å². The number of hydrogen-bond acceptors (Lipinski definition) is 1. The molecular formula is C13H10BrN. The van der Waals surface area contributed by atoms with E-state index in [1.54, 1.807) is 0 Å². The Kier molecular flexibility index (Phi) is 2.10. The molecule has 1 aromatic carbocycles. The summed E-state index contributed by atoms with van der Waals surface area (Å²) in [5.41, 5.74) is 5.25. The van der Waals surface area contributed by atoms with Crippen LogP contribution in [0.2, 0.25) is 0 Å². The van der Waals surface area contributed by atoms with Gasteiger partial charge in [0.05, 0.1) is 0 Å². The molecule has 0 bridgehead atoms. The summed E-state index contributed by atoms with van der Waals surface area (Å²) in [6, 6.07) is 10.6. The number of aromatic nitrogens is 1. The fourth-order valence-corrected chi connectivity index (χ4v) is 2.82. The van der Waals surface area contributed by atoms with Gasteiger partial charge in [-0.15, -0.1) is 0 Å². The van der Waals surface area contributed by atoms with Gasteiger partial charge in [0.1, 0.15) is 0 Å². The standard InChI is InChI=1S/C13H10BrN/c14-11-5-1-3-9-6-7-12-10(13(9)11)4-2-8-15-12/h1-5,8H,6-7H2. The number of benzene rings is 1. The number of fused-ring (bicyclic) bond motifs is 3. The van der Waals surface area contributed by atoms with Crippen LogP contribution in [0.1, 0.15) is 11.3 Å². The van der Waals surface area contributed by atoms with Gasteiger partial charge in [0.15, 0.2) is 0 Å². The van der Waals surface area contributed by atoms with Crippen LogP contribution in [0.25, 0.3) is 11.1 Å². The molecule has 0 amide bonds. The van der Waals surface area contributed by atoms with E-state index in [1.807, 2.05) is 12.3 Å². The molecule has 1 aliphatic rings. The number of aryl methyl sites for hydroxylation is 2. The van der Waals surface area contributed by atoms with Crippen LogP contribution in [0.4, 0.5) is 0 Å². The van der Waals surface area contributed by atoms with Crippen molar-refractivity contribution in [3.05, 3.63) is 52.3 Å². The van der Waals surface area contributed by atoms with Crippen molar-refractivity contribution in [2.24, 2.45) is 0 Å². The lowest BCUT2D eigenvalue weighted by Gasteiger charge is -2.19. The van der Waals surface area contributed by atoms with Gasteiger partial charge in [0.2, 0.25) is 0 Å². The number of rotatable bonds is 0. The van der Waals surface area contributed by atoms with Crippen molar-refractivity contribution in [1.82, 2.24) is 4.98 Å². The first-order valence-electron chi connectivity index (χ1n) is 5.08. The summed E-state index contributed by atoms with van der Waals surface area (Å²) in [7, 11) is 0. The molecule has 0 atom stereocenters. The second-order valence-corrected chi connectivity index (χ2v) is 4.63. The Hall–Kier alpha value is -1.15. The molecule has 15 heavy (non-hydrogen) atoms. The van der Waals surface area contributed by atoms with Gasteiger partial charge in [0.25, 0.3) is 0 Å². The lowest BCUT2D eigenvalue weighted by Crippen LogP contribution is -2.05. The number of nitrogens with zero attached hydrogens (tertiary/aromatic N) is 1. The molecule has 0 radical (unpaired) electrons. The Morgan fingerprint density at radius 1 is 1.07 bits per heavy atom. The third kappa shape index (κ3) is 1.40. The highest BCUT2D eigenvalue weighted by Crippen LogP contribution is 2.37. The molecule has 2 aromatic rings. The monoisotopic (exact) mass is 259 g/mol. The first kappa shape index (κ1) is 9.10. The van der Waals surface area contributed by atoms with E-state index < -0.39 is 0 Å². The molecule has 0 fully saturated rings. The van der Waals surface area contributed by atoms with Gasteiger partial charge in [-0.3, -0.25) is 4.98 Å². The van der Waals surface area contributed by atoms with Crippen LogP contribution in [-0.2, 0) is 12.8 Å². The van der Waals surface area contributed by atoms with Crippen LogP contribution in [-0.4, -0.2) is 4.98 Å². The molecule has 0 spiro atoms. The van der Waals surface area contributed by atoms with E-state index in [4.69, 9.17) is 0 Å². The van der Waals surface area contributed by atoms with Crippen LogP contribution in [0.15, 0.2) is 41.0 Å². The quantitative estimate of drug-likeness (QED) is 0.705. The van der Waals surface area contributed by atoms with Crippen LogP contribution in [0, 0.1) is 0 Å². The molecule has 0 unspecified atom stereocenters. The highest BCUT2D eigenvalue weighted by molar-refractivity contribution is 9.10. The molecule has 2 heteroatoms. The summed E-state index contributed by atoms with van der Waals surface area (Å²) in [4.78, 5) is 4.44. The van der Waals surface area contributed by atoms with E-state index in [2.05, 4.69) is 45.2 Å². The fourth-order valence-electron chi connectivity index (χ4n) is 2.20. The molecule has 0 saturated carbocycles. The number of pyridine rings is 1. The Morgan fingerprint density at radius 3 is 2.93 bits per heavy atom. The molecule has 0 aliphatic heterocycles. The van der Waals surface area contributed by atoms with Crippen LogP contribution in [0.5, 0.6) is 0 Å².